The van der Waals surface area contributed by atoms with Crippen LogP contribution in [0.3, 0.4) is 0 Å². The van der Waals surface area contributed by atoms with Crippen LogP contribution in [0.15, 0.2) is 18.2 Å². The number of likely N-dealkylation sites (N-methyl/N-ethyl adjacent to an activating group) is 1. The molecular formula is C15H24N2O4. The molecule has 1 unspecified atom stereocenters. The first-order chi connectivity index (χ1) is 10.0. The van der Waals surface area contributed by atoms with Gasteiger partial charge in [-0.25, -0.2) is 0 Å². The first-order valence-electron chi connectivity index (χ1n) is 7.26. The Balaban J connectivity index is 2.84. The lowest BCUT2D eigenvalue weighted by atomic mass is 10.1. The number of benzene rings is 1. The zero-order valence-corrected chi connectivity index (χ0v) is 12.9. The molecule has 0 aliphatic carbocycles. The van der Waals surface area contributed by atoms with Crippen LogP contribution in [0.1, 0.15) is 38.4 Å². The molecule has 0 aliphatic heterocycles. The van der Waals surface area contributed by atoms with Crippen molar-refractivity contribution in [3.05, 3.63) is 33.9 Å². The Kier molecular flexibility index (Phi) is 7.11. The van der Waals surface area contributed by atoms with Gasteiger partial charge in [0.15, 0.2) is 5.75 Å². The van der Waals surface area contributed by atoms with Gasteiger partial charge in [0, 0.05) is 12.6 Å². The van der Waals surface area contributed by atoms with Crippen LogP contribution in [0.2, 0.25) is 0 Å². The van der Waals surface area contributed by atoms with Gasteiger partial charge in [0.2, 0.25) is 0 Å². The largest absolute Gasteiger partial charge is 0.490 e. The molecule has 6 heteroatoms. The average molecular weight is 296 g/mol. The second kappa shape index (κ2) is 8.59. The van der Waals surface area contributed by atoms with E-state index in [0.717, 1.165) is 25.9 Å². The van der Waals surface area contributed by atoms with Crippen LogP contribution < -0.4 is 4.74 Å². The third-order valence-electron chi connectivity index (χ3n) is 3.49. The van der Waals surface area contributed by atoms with Crippen molar-refractivity contribution < 1.29 is 14.8 Å². The van der Waals surface area contributed by atoms with Crippen molar-refractivity contribution in [3.63, 3.8) is 0 Å². The van der Waals surface area contributed by atoms with Crippen molar-refractivity contribution in [2.75, 3.05) is 26.7 Å². The number of hydrogen-bond donors (Lipinski definition) is 1. The maximum absolute atomic E-state index is 11.0. The van der Waals surface area contributed by atoms with E-state index in [-0.39, 0.29) is 11.4 Å². The van der Waals surface area contributed by atoms with E-state index in [0.29, 0.717) is 12.1 Å². The minimum atomic E-state index is -0.744. The van der Waals surface area contributed by atoms with Gasteiger partial charge in [-0.15, -0.1) is 0 Å². The summed E-state index contributed by atoms with van der Waals surface area (Å²) in [5.74, 6) is 0.203. The van der Waals surface area contributed by atoms with E-state index < -0.39 is 11.0 Å². The number of methoxy groups -OCH3 is 1. The summed E-state index contributed by atoms with van der Waals surface area (Å²) in [4.78, 5) is 12.7. The Hall–Kier alpha value is -1.66. The Morgan fingerprint density at radius 2 is 2.14 bits per heavy atom. The first kappa shape index (κ1) is 17.4. The number of nitro benzene ring substituents is 1. The topological polar surface area (TPSA) is 75.8 Å². The molecular weight excluding hydrogens is 272 g/mol. The molecule has 1 aromatic rings. The third-order valence-corrected chi connectivity index (χ3v) is 3.49. The molecule has 1 atom stereocenters. The van der Waals surface area contributed by atoms with Gasteiger partial charge in [0.25, 0.3) is 0 Å². The van der Waals surface area contributed by atoms with E-state index in [2.05, 4.69) is 11.8 Å². The Labute approximate surface area is 125 Å². The SMILES string of the molecule is CCCCN(CC)CC(O)c1ccc(OC)c([N+](=O)[O-])c1. The van der Waals surface area contributed by atoms with Crippen molar-refractivity contribution in [3.8, 4) is 5.75 Å². The molecule has 0 saturated heterocycles. The summed E-state index contributed by atoms with van der Waals surface area (Å²) < 4.78 is 4.96. The summed E-state index contributed by atoms with van der Waals surface area (Å²) >= 11 is 0. The fourth-order valence-electron chi connectivity index (χ4n) is 2.17. The lowest BCUT2D eigenvalue weighted by Crippen LogP contribution is -2.29. The molecule has 0 spiro atoms. The molecule has 0 heterocycles. The van der Waals surface area contributed by atoms with Gasteiger partial charge in [-0.2, -0.15) is 0 Å². The quantitative estimate of drug-likeness (QED) is 0.560. The van der Waals surface area contributed by atoms with Crippen molar-refractivity contribution in [1.29, 1.82) is 0 Å². The molecule has 0 bridgehead atoms. The Morgan fingerprint density at radius 3 is 2.67 bits per heavy atom. The molecule has 0 saturated carbocycles. The summed E-state index contributed by atoms with van der Waals surface area (Å²) in [5.41, 5.74) is 0.420. The molecule has 0 aliphatic rings. The minimum absolute atomic E-state index is 0.120. The fourth-order valence-corrected chi connectivity index (χ4v) is 2.17. The molecule has 0 fully saturated rings. The van der Waals surface area contributed by atoms with E-state index in [1.165, 1.54) is 19.2 Å². The van der Waals surface area contributed by atoms with Gasteiger partial charge in [-0.1, -0.05) is 26.3 Å². The lowest BCUT2D eigenvalue weighted by molar-refractivity contribution is -0.385. The molecule has 0 amide bonds. The number of unbranched alkanes of at least 4 members (excludes halogenated alkanes) is 1. The Morgan fingerprint density at radius 1 is 1.43 bits per heavy atom. The molecule has 118 valence electrons. The van der Waals surface area contributed by atoms with Gasteiger partial charge >= 0.3 is 5.69 Å². The molecule has 6 nitrogen and oxygen atoms in total. The van der Waals surface area contributed by atoms with E-state index >= 15 is 0 Å². The van der Waals surface area contributed by atoms with Crippen LogP contribution in [-0.4, -0.2) is 41.7 Å². The second-order valence-electron chi connectivity index (χ2n) is 4.95. The van der Waals surface area contributed by atoms with Crippen molar-refractivity contribution in [2.24, 2.45) is 0 Å². The van der Waals surface area contributed by atoms with Crippen LogP contribution >= 0.6 is 0 Å². The average Bonchev–Trinajstić information content (AvgIpc) is 2.50. The predicted octanol–water partition coefficient (Wildman–Crippen LogP) is 2.76. The smallest absolute Gasteiger partial charge is 0.311 e. The van der Waals surface area contributed by atoms with Crippen LogP contribution in [0.4, 0.5) is 5.69 Å². The van der Waals surface area contributed by atoms with E-state index in [1.807, 2.05) is 6.92 Å². The summed E-state index contributed by atoms with van der Waals surface area (Å²) in [5, 5.41) is 21.3. The summed E-state index contributed by atoms with van der Waals surface area (Å²) in [6.07, 6.45) is 1.43. The molecule has 1 N–H and O–H groups in total. The van der Waals surface area contributed by atoms with Gasteiger partial charge in [0.1, 0.15) is 0 Å². The van der Waals surface area contributed by atoms with Gasteiger partial charge < -0.3 is 14.7 Å². The lowest BCUT2D eigenvalue weighted by Gasteiger charge is -2.23. The number of nitrogens with zero attached hydrogens (tertiary/aromatic N) is 2. The van der Waals surface area contributed by atoms with Gasteiger partial charge in [0.05, 0.1) is 18.1 Å². The maximum Gasteiger partial charge on any atom is 0.311 e. The highest BCUT2D eigenvalue weighted by Gasteiger charge is 2.19. The first-order valence-corrected chi connectivity index (χ1v) is 7.26. The minimum Gasteiger partial charge on any atom is -0.490 e. The fraction of sp³-hybridized carbons (Fsp3) is 0.600. The third kappa shape index (κ3) is 4.99. The zero-order chi connectivity index (χ0) is 15.8. The van der Waals surface area contributed by atoms with E-state index in [9.17, 15) is 15.2 Å². The second-order valence-corrected chi connectivity index (χ2v) is 4.95. The number of hydrogen-bond acceptors (Lipinski definition) is 5. The number of rotatable bonds is 9. The molecule has 21 heavy (non-hydrogen) atoms. The number of aliphatic hydroxyl groups excluding tert-OH is 1. The standard InChI is InChI=1S/C15H24N2O4/c1-4-6-9-16(5-2)11-14(18)12-7-8-15(21-3)13(10-12)17(19)20/h7-8,10,14,18H,4-6,9,11H2,1-3H3. The molecule has 0 radical (unpaired) electrons. The van der Waals surface area contributed by atoms with Gasteiger partial charge in [-0.3, -0.25) is 10.1 Å². The van der Waals surface area contributed by atoms with Crippen LogP contribution in [0.5, 0.6) is 5.75 Å². The molecule has 1 rings (SSSR count). The summed E-state index contributed by atoms with van der Waals surface area (Å²) in [6, 6.07) is 4.58. The van der Waals surface area contributed by atoms with E-state index in [4.69, 9.17) is 4.74 Å². The predicted molar refractivity (Wildman–Crippen MR) is 81.6 cm³/mol. The van der Waals surface area contributed by atoms with Crippen LogP contribution in [0, 0.1) is 10.1 Å². The van der Waals surface area contributed by atoms with Gasteiger partial charge in [-0.05, 0) is 31.1 Å². The van der Waals surface area contributed by atoms with Crippen molar-refractivity contribution >= 4 is 5.69 Å². The van der Waals surface area contributed by atoms with Crippen LogP contribution in [-0.2, 0) is 0 Å². The normalized spacial score (nSPS) is 12.4. The van der Waals surface area contributed by atoms with Crippen LogP contribution in [0.25, 0.3) is 0 Å². The number of ether oxygens (including phenoxy) is 1. The van der Waals surface area contributed by atoms with Crippen molar-refractivity contribution in [1.82, 2.24) is 4.90 Å². The highest BCUT2D eigenvalue weighted by Crippen LogP contribution is 2.30. The number of nitro groups is 1. The maximum atomic E-state index is 11.0. The molecule has 1 aromatic carbocycles. The highest BCUT2D eigenvalue weighted by molar-refractivity contribution is 5.49. The Bertz CT molecular complexity index is 465. The van der Waals surface area contributed by atoms with Crippen molar-refractivity contribution in [2.45, 2.75) is 32.8 Å². The highest BCUT2D eigenvalue weighted by atomic mass is 16.6. The zero-order valence-electron chi connectivity index (χ0n) is 12.9. The molecule has 0 aromatic heterocycles. The summed E-state index contributed by atoms with van der Waals surface area (Å²) in [7, 11) is 1.39. The monoisotopic (exact) mass is 296 g/mol. The number of aliphatic hydroxyl groups is 1. The van der Waals surface area contributed by atoms with E-state index in [1.54, 1.807) is 6.07 Å². The summed E-state index contributed by atoms with van der Waals surface area (Å²) in [6.45, 7) is 6.40.